The number of amides is 1. The summed E-state index contributed by atoms with van der Waals surface area (Å²) in [5.41, 5.74) is 0. The predicted octanol–water partition coefficient (Wildman–Crippen LogP) is 2.26. The standard InChI is InChI=1S/C11H18F3NO2/c1-8-4-2-3-5-9(8)15-10(16)6-17-7-11(12,13)14/h8-9H,2-7H2,1H3,(H,15,16)/t8-,9-/m0/s1. The zero-order valence-electron chi connectivity index (χ0n) is 9.85. The third kappa shape index (κ3) is 5.91. The van der Waals surface area contributed by atoms with Gasteiger partial charge in [-0.2, -0.15) is 13.2 Å². The van der Waals surface area contributed by atoms with Crippen molar-refractivity contribution < 1.29 is 22.7 Å². The van der Waals surface area contributed by atoms with Crippen molar-refractivity contribution in [2.75, 3.05) is 13.2 Å². The van der Waals surface area contributed by atoms with Crippen LogP contribution in [-0.4, -0.2) is 31.3 Å². The van der Waals surface area contributed by atoms with Gasteiger partial charge in [0.1, 0.15) is 13.2 Å². The van der Waals surface area contributed by atoms with Crippen LogP contribution >= 0.6 is 0 Å². The number of hydrogen-bond acceptors (Lipinski definition) is 2. The summed E-state index contributed by atoms with van der Waals surface area (Å²) in [5.74, 6) is -0.0803. The monoisotopic (exact) mass is 253 g/mol. The highest BCUT2D eigenvalue weighted by molar-refractivity contribution is 5.77. The minimum absolute atomic E-state index is 0.0748. The van der Waals surface area contributed by atoms with Crippen LogP contribution < -0.4 is 5.32 Å². The van der Waals surface area contributed by atoms with E-state index < -0.39 is 25.3 Å². The molecule has 2 atom stereocenters. The van der Waals surface area contributed by atoms with Crippen LogP contribution in [0.15, 0.2) is 0 Å². The maximum Gasteiger partial charge on any atom is 0.411 e. The van der Waals surface area contributed by atoms with E-state index in [1.807, 2.05) is 6.92 Å². The Hall–Kier alpha value is -0.780. The highest BCUT2D eigenvalue weighted by Gasteiger charge is 2.28. The smallest absolute Gasteiger partial charge is 0.362 e. The number of halogens is 3. The molecule has 0 radical (unpaired) electrons. The molecule has 1 saturated carbocycles. The molecular formula is C11H18F3NO2. The molecular weight excluding hydrogens is 235 g/mol. The summed E-state index contributed by atoms with van der Waals surface area (Å²) in [6, 6.07) is 0.0748. The molecule has 1 fully saturated rings. The summed E-state index contributed by atoms with van der Waals surface area (Å²) in [6.45, 7) is 0.143. The molecule has 1 amide bonds. The van der Waals surface area contributed by atoms with Gasteiger partial charge in [-0.05, 0) is 18.8 Å². The first kappa shape index (κ1) is 14.3. The molecule has 0 aromatic rings. The fourth-order valence-corrected chi connectivity index (χ4v) is 2.04. The number of nitrogens with one attached hydrogen (secondary N) is 1. The van der Waals surface area contributed by atoms with Crippen LogP contribution in [0.5, 0.6) is 0 Å². The van der Waals surface area contributed by atoms with E-state index in [9.17, 15) is 18.0 Å². The van der Waals surface area contributed by atoms with Crippen LogP contribution in [0.25, 0.3) is 0 Å². The van der Waals surface area contributed by atoms with Crippen molar-refractivity contribution in [1.29, 1.82) is 0 Å². The van der Waals surface area contributed by atoms with Crippen molar-refractivity contribution in [3.05, 3.63) is 0 Å². The molecule has 0 spiro atoms. The minimum atomic E-state index is -4.38. The molecule has 0 unspecified atom stereocenters. The Labute approximate surface area is 98.7 Å². The van der Waals surface area contributed by atoms with Gasteiger partial charge in [0, 0.05) is 6.04 Å². The fourth-order valence-electron chi connectivity index (χ4n) is 2.04. The summed E-state index contributed by atoms with van der Waals surface area (Å²) in [5, 5.41) is 2.72. The lowest BCUT2D eigenvalue weighted by Crippen LogP contribution is -2.43. The molecule has 100 valence electrons. The van der Waals surface area contributed by atoms with Crippen molar-refractivity contribution in [2.45, 2.75) is 44.8 Å². The second-order valence-electron chi connectivity index (χ2n) is 4.54. The summed E-state index contributed by atoms with van der Waals surface area (Å²) in [4.78, 5) is 11.3. The van der Waals surface area contributed by atoms with E-state index in [1.165, 1.54) is 0 Å². The molecule has 0 bridgehead atoms. The van der Waals surface area contributed by atoms with Gasteiger partial charge in [0.05, 0.1) is 0 Å². The summed E-state index contributed by atoms with van der Waals surface area (Å²) in [7, 11) is 0. The SMILES string of the molecule is C[C@H]1CCCC[C@@H]1NC(=O)COCC(F)(F)F. The van der Waals surface area contributed by atoms with Crippen molar-refractivity contribution in [2.24, 2.45) is 5.92 Å². The molecule has 1 aliphatic carbocycles. The van der Waals surface area contributed by atoms with Crippen LogP contribution in [-0.2, 0) is 9.53 Å². The minimum Gasteiger partial charge on any atom is -0.362 e. The van der Waals surface area contributed by atoms with Crippen molar-refractivity contribution >= 4 is 5.91 Å². The number of hydrogen-bond donors (Lipinski definition) is 1. The third-order valence-corrected chi connectivity index (χ3v) is 2.96. The molecule has 0 aromatic carbocycles. The molecule has 1 aliphatic rings. The number of rotatable bonds is 4. The molecule has 0 heterocycles. The van der Waals surface area contributed by atoms with Crippen LogP contribution in [0.1, 0.15) is 32.6 Å². The average molecular weight is 253 g/mol. The van der Waals surface area contributed by atoms with Crippen molar-refractivity contribution in [3.63, 3.8) is 0 Å². The second kappa shape index (κ2) is 6.23. The van der Waals surface area contributed by atoms with Gasteiger partial charge in [-0.3, -0.25) is 4.79 Å². The molecule has 1 N–H and O–H groups in total. The van der Waals surface area contributed by atoms with Gasteiger partial charge in [0.2, 0.25) is 5.91 Å². The number of ether oxygens (including phenoxy) is 1. The Balaban J connectivity index is 2.20. The van der Waals surface area contributed by atoms with E-state index in [-0.39, 0.29) is 6.04 Å². The lowest BCUT2D eigenvalue weighted by Gasteiger charge is -2.29. The Kier molecular flexibility index (Phi) is 5.24. The predicted molar refractivity (Wildman–Crippen MR) is 56.4 cm³/mol. The van der Waals surface area contributed by atoms with E-state index in [1.54, 1.807) is 0 Å². The van der Waals surface area contributed by atoms with Gasteiger partial charge in [-0.1, -0.05) is 19.8 Å². The summed E-state index contributed by atoms with van der Waals surface area (Å²) < 4.78 is 39.6. The topological polar surface area (TPSA) is 38.3 Å². The maximum absolute atomic E-state index is 11.8. The molecule has 1 rings (SSSR count). The number of alkyl halides is 3. The number of carbonyl (C=O) groups is 1. The highest BCUT2D eigenvalue weighted by atomic mass is 19.4. The van der Waals surface area contributed by atoms with Gasteiger partial charge < -0.3 is 10.1 Å². The summed E-state index contributed by atoms with van der Waals surface area (Å²) >= 11 is 0. The van der Waals surface area contributed by atoms with Gasteiger partial charge >= 0.3 is 6.18 Å². The first-order valence-electron chi connectivity index (χ1n) is 5.82. The normalized spacial score (nSPS) is 25.6. The molecule has 17 heavy (non-hydrogen) atoms. The van der Waals surface area contributed by atoms with Gasteiger partial charge in [0.15, 0.2) is 0 Å². The van der Waals surface area contributed by atoms with E-state index in [0.717, 1.165) is 25.7 Å². The van der Waals surface area contributed by atoms with E-state index in [0.29, 0.717) is 5.92 Å². The Bertz CT molecular complexity index is 256. The quantitative estimate of drug-likeness (QED) is 0.834. The van der Waals surface area contributed by atoms with Crippen LogP contribution in [0.3, 0.4) is 0 Å². The van der Waals surface area contributed by atoms with Crippen LogP contribution in [0.2, 0.25) is 0 Å². The summed E-state index contributed by atoms with van der Waals surface area (Å²) in [6.07, 6.45) is -0.226. The zero-order valence-corrected chi connectivity index (χ0v) is 9.85. The van der Waals surface area contributed by atoms with Crippen LogP contribution in [0, 0.1) is 5.92 Å². The zero-order chi connectivity index (χ0) is 12.9. The van der Waals surface area contributed by atoms with E-state index in [2.05, 4.69) is 10.1 Å². The molecule has 0 aromatic heterocycles. The lowest BCUT2D eigenvalue weighted by atomic mass is 9.86. The Morgan fingerprint density at radius 1 is 1.35 bits per heavy atom. The van der Waals surface area contributed by atoms with E-state index >= 15 is 0 Å². The molecule has 0 aliphatic heterocycles. The lowest BCUT2D eigenvalue weighted by molar-refractivity contribution is -0.175. The van der Waals surface area contributed by atoms with Crippen LogP contribution in [0.4, 0.5) is 13.2 Å². The Morgan fingerprint density at radius 3 is 2.59 bits per heavy atom. The van der Waals surface area contributed by atoms with Crippen molar-refractivity contribution in [1.82, 2.24) is 5.32 Å². The average Bonchev–Trinajstić information content (AvgIpc) is 2.19. The third-order valence-electron chi connectivity index (χ3n) is 2.96. The van der Waals surface area contributed by atoms with E-state index in [4.69, 9.17) is 0 Å². The largest absolute Gasteiger partial charge is 0.411 e. The second-order valence-corrected chi connectivity index (χ2v) is 4.54. The first-order valence-corrected chi connectivity index (χ1v) is 5.82. The highest BCUT2D eigenvalue weighted by Crippen LogP contribution is 2.23. The fraction of sp³-hybridized carbons (Fsp3) is 0.909. The Morgan fingerprint density at radius 2 is 2.00 bits per heavy atom. The van der Waals surface area contributed by atoms with Gasteiger partial charge in [-0.25, -0.2) is 0 Å². The van der Waals surface area contributed by atoms with Crippen molar-refractivity contribution in [3.8, 4) is 0 Å². The first-order chi connectivity index (χ1) is 7.88. The van der Waals surface area contributed by atoms with Gasteiger partial charge in [0.25, 0.3) is 0 Å². The molecule has 6 heteroatoms. The maximum atomic E-state index is 11.8. The molecule has 0 saturated heterocycles. The number of carbonyl (C=O) groups excluding carboxylic acids is 1. The van der Waals surface area contributed by atoms with Gasteiger partial charge in [-0.15, -0.1) is 0 Å². The molecule has 3 nitrogen and oxygen atoms in total.